The quantitative estimate of drug-likeness (QED) is 0.112. The highest BCUT2D eigenvalue weighted by Crippen LogP contribution is 2.56. The highest BCUT2D eigenvalue weighted by molar-refractivity contribution is 6.03. The second kappa shape index (κ2) is 18.6. The highest BCUT2D eigenvalue weighted by Gasteiger charge is 2.50. The van der Waals surface area contributed by atoms with Gasteiger partial charge < -0.3 is 35.8 Å². The maximum absolute atomic E-state index is 16.3. The van der Waals surface area contributed by atoms with Crippen LogP contribution in [0.15, 0.2) is 54.6 Å². The number of carbonyl (C=O) groups excluding carboxylic acids is 3. The summed E-state index contributed by atoms with van der Waals surface area (Å²) in [4.78, 5) is 45.8. The molecule has 1 aliphatic carbocycles. The number of nitrogens with one attached hydrogen (secondary N) is 2. The van der Waals surface area contributed by atoms with Gasteiger partial charge in [0.2, 0.25) is 11.8 Å². The minimum atomic E-state index is -1.02. The van der Waals surface area contributed by atoms with Gasteiger partial charge in [0.1, 0.15) is 17.8 Å². The summed E-state index contributed by atoms with van der Waals surface area (Å²) >= 11 is 0. The topological polar surface area (TPSA) is 168 Å². The Bertz CT molecular complexity index is 2790. The Hall–Kier alpha value is -6.28. The summed E-state index contributed by atoms with van der Waals surface area (Å²) in [5.41, 5.74) is 8.45. The van der Waals surface area contributed by atoms with Gasteiger partial charge >= 0.3 is 6.03 Å². The van der Waals surface area contributed by atoms with E-state index in [1.165, 1.54) is 25.3 Å². The number of amides is 4. The summed E-state index contributed by atoms with van der Waals surface area (Å²) in [6.07, 6.45) is 5.52. The van der Waals surface area contributed by atoms with E-state index in [-0.39, 0.29) is 63.6 Å². The van der Waals surface area contributed by atoms with E-state index in [1.807, 2.05) is 55.1 Å². The van der Waals surface area contributed by atoms with Gasteiger partial charge in [0.25, 0.3) is 0 Å². The number of nitrogens with zero attached hydrogens (tertiary/aromatic N) is 5. The van der Waals surface area contributed by atoms with E-state index in [4.69, 9.17) is 20.3 Å². The van der Waals surface area contributed by atoms with Crippen LogP contribution in [0, 0.1) is 36.6 Å². The van der Waals surface area contributed by atoms with E-state index >= 15 is 8.78 Å². The molecule has 4 aliphatic heterocycles. The van der Waals surface area contributed by atoms with Crippen LogP contribution >= 0.6 is 0 Å². The number of primary amides is 1. The van der Waals surface area contributed by atoms with E-state index in [2.05, 4.69) is 32.6 Å². The number of aryl methyl sites for hydroxylation is 1. The lowest BCUT2D eigenvalue weighted by Crippen LogP contribution is -2.52. The predicted molar refractivity (Wildman–Crippen MR) is 256 cm³/mol. The molecule has 5 N–H and O–H groups in total. The average Bonchev–Trinajstić information content (AvgIpc) is 4.06. The highest BCUT2D eigenvalue weighted by atomic mass is 19.1. The van der Waals surface area contributed by atoms with Crippen LogP contribution < -0.4 is 30.7 Å². The normalized spacial score (nSPS) is 25.3. The van der Waals surface area contributed by atoms with E-state index < -0.39 is 35.3 Å². The first kappa shape index (κ1) is 46.4. The molecule has 4 atom stereocenters. The number of benzene rings is 3. The number of urea groups is 1. The van der Waals surface area contributed by atoms with Crippen LogP contribution in [0.5, 0.6) is 11.5 Å². The van der Waals surface area contributed by atoms with Gasteiger partial charge in [-0.3, -0.25) is 24.1 Å². The van der Waals surface area contributed by atoms with Crippen molar-refractivity contribution >= 4 is 34.6 Å². The number of hydrogen-bond acceptors (Lipinski definition) is 9. The number of anilines is 1. The molecule has 10 rings (SSSR count). The van der Waals surface area contributed by atoms with Gasteiger partial charge in [-0.05, 0) is 99.7 Å². The Labute approximate surface area is 401 Å². The third kappa shape index (κ3) is 8.21. The van der Waals surface area contributed by atoms with Gasteiger partial charge in [-0.25, -0.2) is 13.6 Å². The number of carbonyl (C=O) groups is 3. The first-order valence-electron chi connectivity index (χ1n) is 24.3. The molecule has 5 aromatic rings. The Morgan fingerprint density at radius 3 is 2.48 bits per heavy atom. The van der Waals surface area contributed by atoms with Crippen molar-refractivity contribution in [3.05, 3.63) is 106 Å². The zero-order chi connectivity index (χ0) is 48.3. The SMILES string of the molecule is COc1ccc(C(N)=O)c(-c2c(C)c(F)cc3c2C(C)C(CNC2CCC(C(=O)N4CCC(N5CCC(c6c#ccc7c(N8CCC(O)NC8=O)nn(C)c67)CC5)C4)CC2)(c2ccccc2)O3)c1F. The largest absolute Gasteiger partial charge is 0.494 e. The number of rotatable bonds is 11. The molecule has 4 unspecified atom stereocenters. The number of halogens is 2. The second-order valence-corrected chi connectivity index (χ2v) is 19.6. The first-order chi connectivity index (χ1) is 33.3. The van der Waals surface area contributed by atoms with Crippen LogP contribution in [-0.2, 0) is 17.4 Å². The Morgan fingerprint density at radius 2 is 1.77 bits per heavy atom. The average molecular weight is 943 g/mol. The molecule has 5 heterocycles. The predicted octanol–water partition coefficient (Wildman–Crippen LogP) is 6.79. The van der Waals surface area contributed by atoms with E-state index in [0.29, 0.717) is 36.9 Å². The third-order valence-electron chi connectivity index (χ3n) is 15.9. The number of fused-ring (bicyclic) bond motifs is 2. The molecular formula is C53H60F2N8O6. The van der Waals surface area contributed by atoms with Crippen molar-refractivity contribution in [2.45, 2.75) is 101 Å². The smallest absolute Gasteiger partial charge is 0.325 e. The molecule has 4 fully saturated rings. The van der Waals surface area contributed by atoms with Crippen LogP contribution in [0.25, 0.3) is 22.0 Å². The monoisotopic (exact) mass is 942 g/mol. The molecule has 0 spiro atoms. The fraction of sp³-hybridized carbons (Fsp3) is 0.472. The summed E-state index contributed by atoms with van der Waals surface area (Å²) in [5, 5.41) is 21.9. The lowest BCUT2D eigenvalue weighted by molar-refractivity contribution is -0.135. The van der Waals surface area contributed by atoms with Crippen LogP contribution in [-0.4, -0.2) is 107 Å². The number of aliphatic hydroxyl groups excluding tert-OH is 1. The van der Waals surface area contributed by atoms with Crippen molar-refractivity contribution in [1.29, 1.82) is 0 Å². The van der Waals surface area contributed by atoms with Gasteiger partial charge in [0.05, 0.1) is 23.6 Å². The molecule has 14 nitrogen and oxygen atoms in total. The molecule has 16 heteroatoms. The number of piperidine rings is 1. The molecule has 0 bridgehead atoms. The molecule has 0 radical (unpaired) electrons. The van der Waals surface area contributed by atoms with Crippen molar-refractivity contribution in [3.8, 4) is 22.6 Å². The Kier molecular flexibility index (Phi) is 12.5. The van der Waals surface area contributed by atoms with E-state index in [1.54, 1.807) is 11.8 Å². The van der Waals surface area contributed by atoms with Gasteiger partial charge in [-0.15, -0.1) is 0 Å². The molecule has 1 saturated carbocycles. The molecule has 1 aromatic heterocycles. The van der Waals surface area contributed by atoms with Crippen LogP contribution in [0.3, 0.4) is 0 Å². The van der Waals surface area contributed by atoms with Gasteiger partial charge in [0.15, 0.2) is 23.0 Å². The molecule has 3 saturated heterocycles. The molecule has 69 heavy (non-hydrogen) atoms. The zero-order valence-electron chi connectivity index (χ0n) is 39.6. The first-order valence-corrected chi connectivity index (χ1v) is 24.3. The van der Waals surface area contributed by atoms with Crippen LogP contribution in [0.2, 0.25) is 0 Å². The summed E-state index contributed by atoms with van der Waals surface area (Å²) in [7, 11) is 3.23. The molecule has 4 amide bonds. The number of nitrogens with two attached hydrogens (primary N) is 1. The minimum absolute atomic E-state index is 0.0515. The summed E-state index contributed by atoms with van der Waals surface area (Å²) < 4.78 is 46.2. The zero-order valence-corrected chi connectivity index (χ0v) is 39.6. The lowest BCUT2D eigenvalue weighted by Gasteiger charge is -2.38. The number of aromatic nitrogens is 2. The second-order valence-electron chi connectivity index (χ2n) is 19.6. The fourth-order valence-corrected chi connectivity index (χ4v) is 12.0. The summed E-state index contributed by atoms with van der Waals surface area (Å²) in [6, 6.07) is 22.3. The van der Waals surface area contributed by atoms with Crippen molar-refractivity contribution in [3.63, 3.8) is 0 Å². The van der Waals surface area contributed by atoms with Crippen molar-refractivity contribution < 1.29 is 37.7 Å². The lowest BCUT2D eigenvalue weighted by atomic mass is 9.76. The summed E-state index contributed by atoms with van der Waals surface area (Å²) in [6.45, 7) is 7.61. The molecule has 362 valence electrons. The van der Waals surface area contributed by atoms with Crippen molar-refractivity contribution in [2.24, 2.45) is 18.7 Å². The standard InChI is InChI=1S/C53H60F2N8O6/c1-30-40(54)27-42-45(44(30)46-38(49(56)65)17-18-41(68-4)47(46)55)31(2)53(69-42,34-9-6-5-7-10-34)29-57-35-15-13-33(14-16-35)51(66)62-25-21-36(28-62)61-23-19-32(20-24-61)37-11-8-12-39-48(37)60(3)59-50(39)63-26-22-43(64)58-52(63)67/h5-7,9-10,12,17-18,27,31-33,35-36,43,57,64H,13-16,19-26,28-29H2,1-4H3,(H2,56,65)(H,58,67). The van der Waals surface area contributed by atoms with E-state index in [0.717, 1.165) is 93.2 Å². The number of hydrogen-bond donors (Lipinski definition) is 4. The van der Waals surface area contributed by atoms with Crippen molar-refractivity contribution in [1.82, 2.24) is 30.2 Å². The molecule has 5 aliphatic rings. The van der Waals surface area contributed by atoms with Crippen LogP contribution in [0.4, 0.5) is 19.4 Å². The third-order valence-corrected chi connectivity index (χ3v) is 15.9. The number of ether oxygens (including phenoxy) is 2. The van der Waals surface area contributed by atoms with Gasteiger partial charge in [-0.2, -0.15) is 5.10 Å². The van der Waals surface area contributed by atoms with Gasteiger partial charge in [0, 0.05) is 92.4 Å². The Balaban J connectivity index is 0.773. The maximum atomic E-state index is 16.3. The van der Waals surface area contributed by atoms with E-state index in [9.17, 15) is 19.5 Å². The maximum Gasteiger partial charge on any atom is 0.325 e. The number of likely N-dealkylation sites (tertiary alicyclic amines) is 2. The molecular weight excluding hydrogens is 883 g/mol. The fourth-order valence-electron chi connectivity index (χ4n) is 12.0. The molecule has 4 aromatic carbocycles. The van der Waals surface area contributed by atoms with Gasteiger partial charge in [-0.1, -0.05) is 49.4 Å². The van der Waals surface area contributed by atoms with Crippen molar-refractivity contribution in [2.75, 3.05) is 51.3 Å². The Morgan fingerprint density at radius 1 is 1.01 bits per heavy atom. The minimum Gasteiger partial charge on any atom is -0.494 e. The number of aliphatic hydroxyl groups is 1. The summed E-state index contributed by atoms with van der Waals surface area (Å²) in [5.74, 6) is -1.49. The van der Waals surface area contributed by atoms with Crippen LogP contribution in [0.1, 0.15) is 103 Å². The number of methoxy groups -OCH3 is 1.